The molecule has 0 aliphatic carbocycles. The van der Waals surface area contributed by atoms with Crippen LogP contribution < -0.4 is 5.73 Å². The van der Waals surface area contributed by atoms with E-state index >= 15 is 0 Å². The van der Waals surface area contributed by atoms with Crippen LogP contribution in [0.4, 0.5) is 8.78 Å². The summed E-state index contributed by atoms with van der Waals surface area (Å²) in [4.78, 5) is 0. The van der Waals surface area contributed by atoms with Crippen LogP contribution in [0.2, 0.25) is 0 Å². The summed E-state index contributed by atoms with van der Waals surface area (Å²) in [5, 5.41) is 0. The van der Waals surface area contributed by atoms with Gasteiger partial charge in [0.1, 0.15) is 6.61 Å². The molecule has 0 amide bonds. The molecule has 1 unspecified atom stereocenters. The van der Waals surface area contributed by atoms with Crippen molar-refractivity contribution >= 4 is 0 Å². The van der Waals surface area contributed by atoms with E-state index in [1.807, 2.05) is 0 Å². The number of hydrogen-bond donors (Lipinski definition) is 1. The summed E-state index contributed by atoms with van der Waals surface area (Å²) in [6.45, 7) is 0.0332. The quantitative estimate of drug-likeness (QED) is 0.627. The van der Waals surface area contributed by atoms with Crippen molar-refractivity contribution in [3.63, 3.8) is 0 Å². The van der Waals surface area contributed by atoms with Crippen LogP contribution in [0.1, 0.15) is 6.42 Å². The molecule has 0 spiro atoms. The van der Waals surface area contributed by atoms with Gasteiger partial charge >= 0.3 is 0 Å². The molecule has 1 saturated heterocycles. The SMILES string of the molecule is NCCC1COCC1(F)F. The molecule has 2 N–H and O–H groups in total. The fourth-order valence-electron chi connectivity index (χ4n) is 1.07. The number of alkyl halides is 2. The summed E-state index contributed by atoms with van der Waals surface area (Å²) in [6.07, 6.45) is 0.354. The van der Waals surface area contributed by atoms with E-state index in [9.17, 15) is 8.78 Å². The summed E-state index contributed by atoms with van der Waals surface area (Å²) in [6, 6.07) is 0. The summed E-state index contributed by atoms with van der Waals surface area (Å²) in [5.41, 5.74) is 5.14. The molecule has 1 heterocycles. The third-order valence-corrected chi connectivity index (χ3v) is 1.73. The Bertz CT molecular complexity index is 118. The Balaban J connectivity index is 2.43. The van der Waals surface area contributed by atoms with Crippen molar-refractivity contribution in [2.45, 2.75) is 12.3 Å². The monoisotopic (exact) mass is 151 g/mol. The van der Waals surface area contributed by atoms with Crippen LogP contribution in [0.3, 0.4) is 0 Å². The predicted molar refractivity (Wildman–Crippen MR) is 32.9 cm³/mol. The minimum Gasteiger partial charge on any atom is -0.375 e. The highest BCUT2D eigenvalue weighted by Gasteiger charge is 2.44. The number of nitrogens with two attached hydrogens (primary N) is 1. The minimum absolute atomic E-state index is 0.157. The van der Waals surface area contributed by atoms with Gasteiger partial charge in [-0.2, -0.15) is 0 Å². The van der Waals surface area contributed by atoms with Gasteiger partial charge in [0.25, 0.3) is 5.92 Å². The maximum absolute atomic E-state index is 12.6. The highest BCUT2D eigenvalue weighted by Crippen LogP contribution is 2.32. The molecule has 1 atom stereocenters. The second kappa shape index (κ2) is 2.80. The van der Waals surface area contributed by atoms with Gasteiger partial charge in [-0.3, -0.25) is 0 Å². The summed E-state index contributed by atoms with van der Waals surface area (Å²) in [5.74, 6) is -3.29. The van der Waals surface area contributed by atoms with Gasteiger partial charge in [-0.25, -0.2) is 8.78 Å². The van der Waals surface area contributed by atoms with Crippen LogP contribution in [0.15, 0.2) is 0 Å². The Morgan fingerprint density at radius 3 is 2.70 bits per heavy atom. The van der Waals surface area contributed by atoms with Crippen LogP contribution in [0.25, 0.3) is 0 Å². The zero-order valence-electron chi connectivity index (χ0n) is 5.65. The summed E-state index contributed by atoms with van der Waals surface area (Å²) < 4.78 is 29.8. The average Bonchev–Trinajstić information content (AvgIpc) is 2.13. The number of rotatable bonds is 2. The highest BCUT2D eigenvalue weighted by molar-refractivity contribution is 4.81. The van der Waals surface area contributed by atoms with E-state index in [-0.39, 0.29) is 6.61 Å². The molecule has 0 aromatic heterocycles. The lowest BCUT2D eigenvalue weighted by molar-refractivity contribution is -0.0379. The predicted octanol–water partition coefficient (Wildman–Crippen LogP) is 0.617. The molecule has 0 aromatic rings. The fourth-order valence-corrected chi connectivity index (χ4v) is 1.07. The van der Waals surface area contributed by atoms with E-state index in [0.29, 0.717) is 13.0 Å². The first-order chi connectivity index (χ1) is 4.67. The lowest BCUT2D eigenvalue weighted by Crippen LogP contribution is -2.28. The molecule has 2 nitrogen and oxygen atoms in total. The first-order valence-electron chi connectivity index (χ1n) is 3.32. The summed E-state index contributed by atoms with van der Waals surface area (Å²) in [7, 11) is 0. The van der Waals surface area contributed by atoms with Gasteiger partial charge in [-0.15, -0.1) is 0 Å². The Kier molecular flexibility index (Phi) is 2.21. The average molecular weight is 151 g/mol. The van der Waals surface area contributed by atoms with Gasteiger partial charge in [-0.1, -0.05) is 0 Å². The largest absolute Gasteiger partial charge is 0.375 e. The maximum atomic E-state index is 12.6. The molecule has 1 rings (SSSR count). The van der Waals surface area contributed by atoms with E-state index in [1.165, 1.54) is 0 Å². The molecule has 1 aliphatic rings. The Morgan fingerprint density at radius 1 is 1.60 bits per heavy atom. The molecular formula is C6H11F2NO. The van der Waals surface area contributed by atoms with Crippen molar-refractivity contribution in [3.8, 4) is 0 Å². The standard InChI is InChI=1S/C6H11F2NO/c7-6(8)4-10-3-5(6)1-2-9/h5H,1-4,9H2. The number of hydrogen-bond acceptors (Lipinski definition) is 2. The van der Waals surface area contributed by atoms with Crippen LogP contribution >= 0.6 is 0 Å². The Labute approximate surface area is 58.3 Å². The van der Waals surface area contributed by atoms with Crippen LogP contribution in [0, 0.1) is 5.92 Å². The number of ether oxygens (including phenoxy) is 1. The molecular weight excluding hydrogens is 140 g/mol. The van der Waals surface area contributed by atoms with Crippen molar-refractivity contribution in [3.05, 3.63) is 0 Å². The van der Waals surface area contributed by atoms with Crippen LogP contribution in [-0.4, -0.2) is 25.7 Å². The molecule has 60 valence electrons. The molecule has 1 aliphatic heterocycles. The molecule has 0 aromatic carbocycles. The number of halogens is 2. The first-order valence-corrected chi connectivity index (χ1v) is 3.32. The fraction of sp³-hybridized carbons (Fsp3) is 1.00. The molecule has 0 bridgehead atoms. The normalized spacial score (nSPS) is 30.9. The van der Waals surface area contributed by atoms with Crippen molar-refractivity contribution in [2.24, 2.45) is 11.7 Å². The Morgan fingerprint density at radius 2 is 2.30 bits per heavy atom. The molecule has 0 saturated carbocycles. The van der Waals surface area contributed by atoms with Crippen molar-refractivity contribution in [1.82, 2.24) is 0 Å². The molecule has 0 radical (unpaired) electrons. The zero-order valence-corrected chi connectivity index (χ0v) is 5.65. The molecule has 4 heteroatoms. The van der Waals surface area contributed by atoms with Crippen molar-refractivity contribution in [2.75, 3.05) is 19.8 Å². The van der Waals surface area contributed by atoms with E-state index in [0.717, 1.165) is 0 Å². The van der Waals surface area contributed by atoms with Gasteiger partial charge in [0, 0.05) is 5.92 Å². The zero-order chi connectivity index (χ0) is 7.61. The van der Waals surface area contributed by atoms with Gasteiger partial charge in [-0.05, 0) is 13.0 Å². The third-order valence-electron chi connectivity index (χ3n) is 1.73. The topological polar surface area (TPSA) is 35.2 Å². The molecule has 1 fully saturated rings. The van der Waals surface area contributed by atoms with Gasteiger partial charge in [0.2, 0.25) is 0 Å². The summed E-state index contributed by atoms with van der Waals surface area (Å²) >= 11 is 0. The molecule has 10 heavy (non-hydrogen) atoms. The smallest absolute Gasteiger partial charge is 0.275 e. The van der Waals surface area contributed by atoms with E-state index in [2.05, 4.69) is 4.74 Å². The minimum atomic E-state index is -2.64. The maximum Gasteiger partial charge on any atom is 0.275 e. The van der Waals surface area contributed by atoms with E-state index in [4.69, 9.17) is 5.73 Å². The van der Waals surface area contributed by atoms with Crippen molar-refractivity contribution in [1.29, 1.82) is 0 Å². The third kappa shape index (κ3) is 1.44. The second-order valence-electron chi connectivity index (χ2n) is 2.55. The lowest BCUT2D eigenvalue weighted by Gasteiger charge is -2.14. The van der Waals surface area contributed by atoms with Gasteiger partial charge in [0.15, 0.2) is 0 Å². The highest BCUT2D eigenvalue weighted by atomic mass is 19.3. The van der Waals surface area contributed by atoms with E-state index in [1.54, 1.807) is 0 Å². The lowest BCUT2D eigenvalue weighted by atomic mass is 10.0. The Hall–Kier alpha value is -0.220. The second-order valence-corrected chi connectivity index (χ2v) is 2.55. The van der Waals surface area contributed by atoms with Crippen LogP contribution in [0.5, 0.6) is 0 Å². The van der Waals surface area contributed by atoms with Crippen LogP contribution in [-0.2, 0) is 4.74 Å². The van der Waals surface area contributed by atoms with Gasteiger partial charge in [0.05, 0.1) is 6.61 Å². The first kappa shape index (κ1) is 7.88. The van der Waals surface area contributed by atoms with Crippen molar-refractivity contribution < 1.29 is 13.5 Å². The van der Waals surface area contributed by atoms with Gasteiger partial charge < -0.3 is 10.5 Å². The van der Waals surface area contributed by atoms with E-state index < -0.39 is 18.4 Å².